The fourth-order valence-corrected chi connectivity index (χ4v) is 3.50. The molecule has 1 heterocycles. The van der Waals surface area contributed by atoms with Gasteiger partial charge in [-0.25, -0.2) is 4.39 Å². The number of amides is 2. The van der Waals surface area contributed by atoms with Crippen LogP contribution in [0.15, 0.2) is 48.5 Å². The van der Waals surface area contributed by atoms with Crippen LogP contribution in [0.4, 0.5) is 10.1 Å². The molecule has 0 aromatic heterocycles. The van der Waals surface area contributed by atoms with Crippen LogP contribution in [0.3, 0.4) is 0 Å². The van der Waals surface area contributed by atoms with E-state index in [1.807, 2.05) is 29.2 Å². The molecule has 1 saturated heterocycles. The maximum Gasteiger partial charge on any atom is 0.226 e. The topological polar surface area (TPSA) is 61.9 Å². The van der Waals surface area contributed by atoms with Gasteiger partial charge < -0.3 is 15.0 Å². The average molecular weight is 413 g/mol. The van der Waals surface area contributed by atoms with Crippen LogP contribution in [0.5, 0.6) is 5.75 Å². The lowest BCUT2D eigenvalue weighted by Gasteiger charge is -2.22. The van der Waals surface area contributed by atoms with E-state index in [9.17, 15) is 14.0 Å². The molecular formula is C23H28FN3O3. The Balaban J connectivity index is 1.43. The predicted octanol–water partition coefficient (Wildman–Crippen LogP) is 3.29. The third-order valence-electron chi connectivity index (χ3n) is 5.03. The number of ether oxygens (including phenoxy) is 1. The summed E-state index contributed by atoms with van der Waals surface area (Å²) in [7, 11) is 0. The monoisotopic (exact) mass is 413 g/mol. The largest absolute Gasteiger partial charge is 0.490 e. The Kier molecular flexibility index (Phi) is 7.79. The lowest BCUT2D eigenvalue weighted by atomic mass is 10.2. The molecule has 0 spiro atoms. The van der Waals surface area contributed by atoms with E-state index in [-0.39, 0.29) is 30.6 Å². The lowest BCUT2D eigenvalue weighted by Crippen LogP contribution is -2.35. The number of rotatable bonds is 7. The van der Waals surface area contributed by atoms with Crippen molar-refractivity contribution in [1.82, 2.24) is 9.80 Å². The standard InChI is InChI=1S/C23H28FN3O3/c1-18(28)25-20-9-7-19(8-10-20)17-26-12-4-13-27(15-14-26)23(29)11-16-30-22-6-3-2-5-21(22)24/h2-3,5-10H,4,11-17H2,1H3,(H,25,28). The Bertz CT molecular complexity index is 857. The highest BCUT2D eigenvalue weighted by atomic mass is 19.1. The molecule has 30 heavy (non-hydrogen) atoms. The third kappa shape index (κ3) is 6.56. The van der Waals surface area contributed by atoms with Crippen molar-refractivity contribution in [3.8, 4) is 5.75 Å². The van der Waals surface area contributed by atoms with Gasteiger partial charge in [0.05, 0.1) is 13.0 Å². The van der Waals surface area contributed by atoms with Gasteiger partial charge in [0.25, 0.3) is 0 Å². The van der Waals surface area contributed by atoms with Gasteiger partial charge in [-0.15, -0.1) is 0 Å². The van der Waals surface area contributed by atoms with Crippen LogP contribution < -0.4 is 10.1 Å². The van der Waals surface area contributed by atoms with Crippen LogP contribution in [-0.4, -0.2) is 54.4 Å². The zero-order valence-corrected chi connectivity index (χ0v) is 17.3. The molecule has 1 aliphatic rings. The minimum atomic E-state index is -0.416. The zero-order valence-electron chi connectivity index (χ0n) is 17.3. The number of nitrogens with zero attached hydrogens (tertiary/aromatic N) is 2. The summed E-state index contributed by atoms with van der Waals surface area (Å²) in [5.41, 5.74) is 1.96. The maximum absolute atomic E-state index is 13.6. The van der Waals surface area contributed by atoms with Crippen LogP contribution in [0, 0.1) is 5.82 Å². The number of para-hydroxylation sites is 1. The van der Waals surface area contributed by atoms with Gasteiger partial charge in [0, 0.05) is 45.3 Å². The van der Waals surface area contributed by atoms with E-state index in [0.29, 0.717) is 6.54 Å². The molecule has 2 aromatic rings. The van der Waals surface area contributed by atoms with Gasteiger partial charge >= 0.3 is 0 Å². The van der Waals surface area contributed by atoms with Gasteiger partial charge in [0.2, 0.25) is 11.8 Å². The van der Waals surface area contributed by atoms with Crippen molar-refractivity contribution in [2.45, 2.75) is 26.3 Å². The fourth-order valence-electron chi connectivity index (χ4n) is 3.50. The molecule has 0 bridgehead atoms. The molecule has 3 rings (SSSR count). The first-order valence-electron chi connectivity index (χ1n) is 10.3. The van der Waals surface area contributed by atoms with Crippen LogP contribution in [0.1, 0.15) is 25.3 Å². The first kappa shape index (κ1) is 21.8. The number of hydrogen-bond acceptors (Lipinski definition) is 4. The number of carbonyl (C=O) groups excluding carboxylic acids is 2. The minimum Gasteiger partial charge on any atom is -0.490 e. The van der Waals surface area contributed by atoms with E-state index >= 15 is 0 Å². The first-order valence-corrected chi connectivity index (χ1v) is 10.3. The summed E-state index contributed by atoms with van der Waals surface area (Å²) in [6, 6.07) is 14.0. The SMILES string of the molecule is CC(=O)Nc1ccc(CN2CCCN(C(=O)CCOc3ccccc3F)CC2)cc1. The third-order valence-corrected chi connectivity index (χ3v) is 5.03. The summed E-state index contributed by atoms with van der Waals surface area (Å²) in [5.74, 6) is -0.287. The molecule has 0 saturated carbocycles. The number of carbonyl (C=O) groups is 2. The molecule has 0 atom stereocenters. The van der Waals surface area contributed by atoms with Crippen molar-refractivity contribution >= 4 is 17.5 Å². The predicted molar refractivity (Wildman–Crippen MR) is 114 cm³/mol. The summed E-state index contributed by atoms with van der Waals surface area (Å²) in [6.45, 7) is 5.57. The number of anilines is 1. The van der Waals surface area contributed by atoms with Crippen molar-refractivity contribution in [2.75, 3.05) is 38.1 Å². The Morgan fingerprint density at radius 2 is 1.80 bits per heavy atom. The lowest BCUT2D eigenvalue weighted by molar-refractivity contribution is -0.131. The fraction of sp³-hybridized carbons (Fsp3) is 0.391. The van der Waals surface area contributed by atoms with Crippen molar-refractivity contribution in [1.29, 1.82) is 0 Å². The van der Waals surface area contributed by atoms with Crippen LogP contribution >= 0.6 is 0 Å². The molecule has 1 N–H and O–H groups in total. The maximum atomic E-state index is 13.6. The van der Waals surface area contributed by atoms with Crippen LogP contribution in [-0.2, 0) is 16.1 Å². The van der Waals surface area contributed by atoms with E-state index in [2.05, 4.69) is 10.2 Å². The molecule has 6 nitrogen and oxygen atoms in total. The number of benzene rings is 2. The number of halogens is 1. The first-order chi connectivity index (χ1) is 14.5. The molecule has 160 valence electrons. The Morgan fingerprint density at radius 1 is 1.03 bits per heavy atom. The summed E-state index contributed by atoms with van der Waals surface area (Å²) in [6.07, 6.45) is 1.14. The highest BCUT2D eigenvalue weighted by molar-refractivity contribution is 5.88. The van der Waals surface area contributed by atoms with Crippen molar-refractivity contribution in [3.63, 3.8) is 0 Å². The van der Waals surface area contributed by atoms with E-state index in [0.717, 1.165) is 38.3 Å². The number of nitrogens with one attached hydrogen (secondary N) is 1. The van der Waals surface area contributed by atoms with Gasteiger partial charge in [-0.2, -0.15) is 0 Å². The smallest absolute Gasteiger partial charge is 0.226 e. The molecule has 1 fully saturated rings. The second kappa shape index (κ2) is 10.7. The van der Waals surface area contributed by atoms with E-state index in [4.69, 9.17) is 4.74 Å². The second-order valence-electron chi connectivity index (χ2n) is 7.42. The molecule has 7 heteroatoms. The minimum absolute atomic E-state index is 0.0350. The van der Waals surface area contributed by atoms with Gasteiger partial charge in [-0.05, 0) is 36.2 Å². The Labute approximate surface area is 176 Å². The highest BCUT2D eigenvalue weighted by Crippen LogP contribution is 2.16. The molecule has 2 aromatic carbocycles. The summed E-state index contributed by atoms with van der Waals surface area (Å²) >= 11 is 0. The molecule has 0 unspecified atom stereocenters. The van der Waals surface area contributed by atoms with Gasteiger partial charge in [0.15, 0.2) is 11.6 Å². The van der Waals surface area contributed by atoms with Gasteiger partial charge in [0.1, 0.15) is 0 Å². The quantitative estimate of drug-likeness (QED) is 0.757. The average Bonchev–Trinajstić information content (AvgIpc) is 2.96. The Morgan fingerprint density at radius 3 is 2.53 bits per heavy atom. The summed E-state index contributed by atoms with van der Waals surface area (Å²) < 4.78 is 19.0. The van der Waals surface area contributed by atoms with Crippen molar-refractivity contribution in [2.24, 2.45) is 0 Å². The van der Waals surface area contributed by atoms with E-state index in [1.54, 1.807) is 18.2 Å². The molecule has 0 aliphatic carbocycles. The van der Waals surface area contributed by atoms with Crippen LogP contribution in [0.25, 0.3) is 0 Å². The van der Waals surface area contributed by atoms with Crippen LogP contribution in [0.2, 0.25) is 0 Å². The molecule has 2 amide bonds. The van der Waals surface area contributed by atoms with Crippen molar-refractivity contribution in [3.05, 3.63) is 59.9 Å². The molecule has 0 radical (unpaired) electrons. The van der Waals surface area contributed by atoms with E-state index in [1.165, 1.54) is 18.6 Å². The normalized spacial score (nSPS) is 14.8. The van der Waals surface area contributed by atoms with E-state index < -0.39 is 5.82 Å². The summed E-state index contributed by atoms with van der Waals surface area (Å²) in [4.78, 5) is 27.8. The second-order valence-corrected chi connectivity index (χ2v) is 7.42. The number of hydrogen-bond donors (Lipinski definition) is 1. The molecular weight excluding hydrogens is 385 g/mol. The Hall–Kier alpha value is -2.93. The van der Waals surface area contributed by atoms with Gasteiger partial charge in [-0.1, -0.05) is 24.3 Å². The molecule has 1 aliphatic heterocycles. The zero-order chi connectivity index (χ0) is 21.3. The summed E-state index contributed by atoms with van der Waals surface area (Å²) in [5, 5.41) is 2.77. The van der Waals surface area contributed by atoms with Crippen molar-refractivity contribution < 1.29 is 18.7 Å². The highest BCUT2D eigenvalue weighted by Gasteiger charge is 2.19. The van der Waals surface area contributed by atoms with Gasteiger partial charge in [-0.3, -0.25) is 14.5 Å².